The van der Waals surface area contributed by atoms with Gasteiger partial charge in [0.2, 0.25) is 5.78 Å². The average Bonchev–Trinajstić information content (AvgIpc) is 3.08. The largest absolute Gasteiger partial charge is 0.872 e. The van der Waals surface area contributed by atoms with Crippen molar-refractivity contribution < 1.29 is 29.0 Å². The molecule has 2 aliphatic rings. The molecule has 0 amide bonds. The molecule has 1 saturated heterocycles. The van der Waals surface area contributed by atoms with Crippen molar-refractivity contribution >= 4 is 11.9 Å². The highest BCUT2D eigenvalue weighted by Crippen LogP contribution is 2.41. The lowest BCUT2D eigenvalue weighted by Crippen LogP contribution is -3.13. The number of benzene rings is 2. The fourth-order valence-electron chi connectivity index (χ4n) is 4.26. The van der Waals surface area contributed by atoms with Crippen molar-refractivity contribution in [2.75, 3.05) is 47.4 Å². The molecule has 0 spiro atoms. The number of aryl methyl sites for hydroxylation is 1. The minimum Gasteiger partial charge on any atom is -0.872 e. The van der Waals surface area contributed by atoms with Crippen LogP contribution in [-0.2, 0) is 6.54 Å². The second kappa shape index (κ2) is 8.61. The molecular formula is C24H28N2O5. The summed E-state index contributed by atoms with van der Waals surface area (Å²) in [6, 6.07) is 7.00. The Labute approximate surface area is 182 Å². The molecule has 2 aromatic rings. The maximum Gasteiger partial charge on any atom is 0.232 e. The van der Waals surface area contributed by atoms with Gasteiger partial charge in [-0.1, -0.05) is 23.9 Å². The van der Waals surface area contributed by atoms with E-state index in [0.717, 1.165) is 26.2 Å². The van der Waals surface area contributed by atoms with Crippen LogP contribution in [0.5, 0.6) is 23.0 Å². The number of piperazine rings is 1. The summed E-state index contributed by atoms with van der Waals surface area (Å²) in [6.45, 7) is 6.21. The first-order valence-corrected chi connectivity index (χ1v) is 10.4. The molecule has 1 N–H and O–H groups in total. The molecular weight excluding hydrogens is 396 g/mol. The highest BCUT2D eigenvalue weighted by Gasteiger charge is 2.33. The van der Waals surface area contributed by atoms with Gasteiger partial charge in [-0.3, -0.25) is 9.69 Å². The summed E-state index contributed by atoms with van der Waals surface area (Å²) in [5.41, 5.74) is 2.37. The van der Waals surface area contributed by atoms with Crippen molar-refractivity contribution in [3.05, 3.63) is 52.3 Å². The Morgan fingerprint density at radius 2 is 1.97 bits per heavy atom. The molecule has 7 nitrogen and oxygen atoms in total. The first kappa shape index (κ1) is 21.2. The van der Waals surface area contributed by atoms with E-state index < -0.39 is 0 Å². The summed E-state index contributed by atoms with van der Waals surface area (Å²) in [7, 11) is 5.22. The zero-order valence-corrected chi connectivity index (χ0v) is 18.4. The second-order valence-electron chi connectivity index (χ2n) is 8.13. The number of rotatable bonds is 5. The monoisotopic (exact) mass is 424 g/mol. The fraction of sp³-hybridized carbons (Fsp3) is 0.375. The van der Waals surface area contributed by atoms with Gasteiger partial charge in [0.15, 0.2) is 17.3 Å². The molecule has 0 saturated carbocycles. The lowest BCUT2D eigenvalue weighted by Gasteiger charge is -2.31. The van der Waals surface area contributed by atoms with E-state index in [-0.39, 0.29) is 17.3 Å². The maximum absolute atomic E-state index is 13.2. The van der Waals surface area contributed by atoms with Crippen molar-refractivity contribution in [3.63, 3.8) is 0 Å². The van der Waals surface area contributed by atoms with E-state index in [0.29, 0.717) is 46.0 Å². The fourth-order valence-corrected chi connectivity index (χ4v) is 4.26. The third-order valence-corrected chi connectivity index (χ3v) is 6.04. The summed E-state index contributed by atoms with van der Waals surface area (Å²) in [5.74, 6) is 1.40. The predicted molar refractivity (Wildman–Crippen MR) is 115 cm³/mol. The van der Waals surface area contributed by atoms with Crippen molar-refractivity contribution in [2.24, 2.45) is 0 Å². The molecule has 2 aliphatic heterocycles. The summed E-state index contributed by atoms with van der Waals surface area (Å²) >= 11 is 0. The minimum absolute atomic E-state index is 0.0734. The topological polar surface area (TPSA) is 75.5 Å². The SMILES string of the molecule is COc1cccc(/C=C2\Oc3c(C[NH+]4CCN(C)CC4)c([O-])cc(C)c3C2=O)c1OC. The Kier molecular flexibility index (Phi) is 5.89. The van der Waals surface area contributed by atoms with Crippen LogP contribution in [-0.4, -0.2) is 58.1 Å². The molecule has 0 radical (unpaired) electrons. The van der Waals surface area contributed by atoms with E-state index in [2.05, 4.69) is 11.9 Å². The Morgan fingerprint density at radius 3 is 2.65 bits per heavy atom. The van der Waals surface area contributed by atoms with Crippen LogP contribution in [0.4, 0.5) is 0 Å². The van der Waals surface area contributed by atoms with Gasteiger partial charge in [-0.2, -0.15) is 0 Å². The van der Waals surface area contributed by atoms with Gasteiger partial charge in [0.1, 0.15) is 12.3 Å². The molecule has 0 unspecified atom stereocenters. The van der Waals surface area contributed by atoms with E-state index in [4.69, 9.17) is 14.2 Å². The minimum atomic E-state index is -0.216. The zero-order valence-electron chi connectivity index (χ0n) is 18.4. The third kappa shape index (κ3) is 3.98. The highest BCUT2D eigenvalue weighted by atomic mass is 16.5. The third-order valence-electron chi connectivity index (χ3n) is 6.04. The van der Waals surface area contributed by atoms with Crippen molar-refractivity contribution in [2.45, 2.75) is 13.5 Å². The number of nitrogens with one attached hydrogen (secondary N) is 1. The predicted octanol–water partition coefficient (Wildman–Crippen LogP) is 1.03. The number of carbonyl (C=O) groups excluding carboxylic acids is 1. The van der Waals surface area contributed by atoms with E-state index in [1.165, 1.54) is 4.90 Å². The number of methoxy groups -OCH3 is 2. The van der Waals surface area contributed by atoms with E-state index in [1.54, 1.807) is 39.4 Å². The normalized spacial score (nSPS) is 18.2. The molecule has 164 valence electrons. The number of para-hydroxylation sites is 1. The van der Waals surface area contributed by atoms with Gasteiger partial charge in [0.05, 0.1) is 32.9 Å². The number of hydrogen-bond acceptors (Lipinski definition) is 6. The first-order chi connectivity index (χ1) is 14.9. The van der Waals surface area contributed by atoms with Crippen LogP contribution < -0.4 is 24.2 Å². The second-order valence-corrected chi connectivity index (χ2v) is 8.13. The van der Waals surface area contributed by atoms with Gasteiger partial charge < -0.3 is 24.2 Å². The van der Waals surface area contributed by atoms with Gasteiger partial charge >= 0.3 is 0 Å². The number of quaternary nitrogens is 1. The number of Topliss-reactive ketones (excluding diaryl/α,β-unsaturated/α-hetero) is 1. The van der Waals surface area contributed by atoms with Gasteiger partial charge in [-0.05, 0) is 31.7 Å². The molecule has 4 rings (SSSR count). The van der Waals surface area contributed by atoms with Crippen LogP contribution in [0.3, 0.4) is 0 Å². The van der Waals surface area contributed by atoms with Crippen LogP contribution in [0.15, 0.2) is 30.0 Å². The van der Waals surface area contributed by atoms with Crippen LogP contribution in [0.1, 0.15) is 27.0 Å². The zero-order chi connectivity index (χ0) is 22.1. The Balaban J connectivity index is 1.70. The van der Waals surface area contributed by atoms with Crippen LogP contribution >= 0.6 is 0 Å². The van der Waals surface area contributed by atoms with Crippen LogP contribution in [0.25, 0.3) is 6.08 Å². The molecule has 0 aliphatic carbocycles. The number of ketones is 1. The standard InChI is InChI=1S/C24H28N2O5/c1-15-12-18(27)17(14-26-10-8-25(2)9-11-26)24-21(15)22(28)20(31-24)13-16-6-5-7-19(29-3)23(16)30-4/h5-7,12-13,27H,8-11,14H2,1-4H3/b20-13-. The molecule has 7 heteroatoms. The first-order valence-electron chi connectivity index (χ1n) is 10.4. The summed E-state index contributed by atoms with van der Waals surface area (Å²) in [5, 5.41) is 12.8. The van der Waals surface area contributed by atoms with E-state index in [1.807, 2.05) is 12.1 Å². The van der Waals surface area contributed by atoms with E-state index >= 15 is 0 Å². The molecule has 2 aromatic carbocycles. The smallest absolute Gasteiger partial charge is 0.232 e. The van der Waals surface area contributed by atoms with Gasteiger partial charge in [-0.25, -0.2) is 0 Å². The molecule has 31 heavy (non-hydrogen) atoms. The van der Waals surface area contributed by atoms with Gasteiger partial charge in [0, 0.05) is 24.2 Å². The van der Waals surface area contributed by atoms with E-state index in [9.17, 15) is 9.90 Å². The Hall–Kier alpha value is -3.03. The van der Waals surface area contributed by atoms with Crippen molar-refractivity contribution in [1.29, 1.82) is 0 Å². The molecule has 2 heterocycles. The average molecular weight is 424 g/mol. The number of nitrogens with zero attached hydrogens (tertiary/aromatic N) is 1. The number of likely N-dealkylation sites (N-methyl/N-ethyl adjacent to an activating group) is 1. The number of hydrogen-bond donors (Lipinski definition) is 1. The number of ether oxygens (including phenoxy) is 3. The Bertz CT molecular complexity index is 1040. The van der Waals surface area contributed by atoms with Crippen molar-refractivity contribution in [3.8, 4) is 23.0 Å². The van der Waals surface area contributed by atoms with Gasteiger partial charge in [-0.15, -0.1) is 0 Å². The summed E-state index contributed by atoms with van der Waals surface area (Å²) < 4.78 is 16.9. The number of carbonyl (C=O) groups is 1. The summed E-state index contributed by atoms with van der Waals surface area (Å²) in [6.07, 6.45) is 1.65. The molecule has 0 aromatic heterocycles. The van der Waals surface area contributed by atoms with Crippen LogP contribution in [0.2, 0.25) is 0 Å². The lowest BCUT2D eigenvalue weighted by atomic mass is 9.99. The number of allylic oxidation sites excluding steroid dienone is 1. The Morgan fingerprint density at radius 1 is 1.23 bits per heavy atom. The maximum atomic E-state index is 13.2. The summed E-state index contributed by atoms with van der Waals surface area (Å²) in [4.78, 5) is 16.8. The molecule has 0 atom stereocenters. The lowest BCUT2D eigenvalue weighted by molar-refractivity contribution is -0.918. The van der Waals surface area contributed by atoms with Crippen molar-refractivity contribution in [1.82, 2.24) is 4.90 Å². The van der Waals surface area contributed by atoms with Gasteiger partial charge in [0.25, 0.3) is 0 Å². The number of fused-ring (bicyclic) bond motifs is 1. The molecule has 1 fully saturated rings. The van der Waals surface area contributed by atoms with Crippen LogP contribution in [0, 0.1) is 6.92 Å². The highest BCUT2D eigenvalue weighted by molar-refractivity contribution is 6.16. The quantitative estimate of drug-likeness (QED) is 0.723. The molecule has 0 bridgehead atoms.